The average molecular weight is 243 g/mol. The first kappa shape index (κ1) is 13.6. The van der Waals surface area contributed by atoms with E-state index in [1.54, 1.807) is 18.4 Å². The molecule has 0 aliphatic heterocycles. The van der Waals surface area contributed by atoms with Gasteiger partial charge >= 0.3 is 0 Å². The zero-order valence-electron chi connectivity index (χ0n) is 9.91. The molecular formula is C12H21NO2S. The number of hydrogen-bond donors (Lipinski definition) is 1. The molecule has 1 rings (SSSR count). The van der Waals surface area contributed by atoms with Crippen molar-refractivity contribution in [1.82, 2.24) is 5.32 Å². The first-order valence-corrected chi connectivity index (χ1v) is 6.61. The van der Waals surface area contributed by atoms with Crippen LogP contribution in [0.2, 0.25) is 0 Å². The van der Waals surface area contributed by atoms with Gasteiger partial charge in [0.25, 0.3) is 0 Å². The summed E-state index contributed by atoms with van der Waals surface area (Å²) in [6.45, 7) is 4.38. The van der Waals surface area contributed by atoms with Gasteiger partial charge in [-0.3, -0.25) is 0 Å². The summed E-state index contributed by atoms with van der Waals surface area (Å²) in [4.78, 5) is 1.30. The van der Waals surface area contributed by atoms with Gasteiger partial charge in [0, 0.05) is 25.1 Å². The fraction of sp³-hybridized carbons (Fsp3) is 0.667. The van der Waals surface area contributed by atoms with Crippen molar-refractivity contribution < 1.29 is 9.47 Å². The molecule has 3 nitrogen and oxygen atoms in total. The summed E-state index contributed by atoms with van der Waals surface area (Å²) >= 11 is 1.75. The van der Waals surface area contributed by atoms with Gasteiger partial charge in [-0.2, -0.15) is 0 Å². The van der Waals surface area contributed by atoms with E-state index >= 15 is 0 Å². The molecule has 0 aromatic carbocycles. The van der Waals surface area contributed by atoms with E-state index in [9.17, 15) is 0 Å². The minimum atomic E-state index is 0.759. The second-order valence-corrected chi connectivity index (χ2v) is 4.61. The fourth-order valence-corrected chi connectivity index (χ4v) is 1.96. The first-order valence-electron chi connectivity index (χ1n) is 5.73. The number of unbranched alkanes of at least 4 members (excludes halogenated alkanes) is 1. The topological polar surface area (TPSA) is 30.5 Å². The van der Waals surface area contributed by atoms with E-state index in [-0.39, 0.29) is 0 Å². The van der Waals surface area contributed by atoms with Crippen molar-refractivity contribution in [3.05, 3.63) is 22.4 Å². The monoisotopic (exact) mass is 243 g/mol. The lowest BCUT2D eigenvalue weighted by atomic mass is 10.3. The number of thiophene rings is 1. The molecular weight excluding hydrogens is 222 g/mol. The predicted molar refractivity (Wildman–Crippen MR) is 68.0 cm³/mol. The summed E-state index contributed by atoms with van der Waals surface area (Å²) < 4.78 is 10.5. The van der Waals surface area contributed by atoms with Gasteiger partial charge in [0.05, 0.1) is 13.2 Å². The molecule has 1 aromatic heterocycles. The smallest absolute Gasteiger partial charge is 0.0809 e. The van der Waals surface area contributed by atoms with E-state index in [2.05, 4.69) is 22.8 Å². The minimum absolute atomic E-state index is 0.759. The summed E-state index contributed by atoms with van der Waals surface area (Å²) in [7, 11) is 1.72. The summed E-state index contributed by atoms with van der Waals surface area (Å²) in [6, 6.07) is 4.17. The molecule has 16 heavy (non-hydrogen) atoms. The van der Waals surface area contributed by atoms with Gasteiger partial charge in [-0.1, -0.05) is 6.07 Å². The molecule has 0 radical (unpaired) electrons. The highest BCUT2D eigenvalue weighted by Gasteiger charge is 1.94. The van der Waals surface area contributed by atoms with Gasteiger partial charge in [-0.15, -0.1) is 11.3 Å². The third-order valence-corrected chi connectivity index (χ3v) is 3.05. The van der Waals surface area contributed by atoms with Crippen LogP contribution < -0.4 is 5.32 Å². The van der Waals surface area contributed by atoms with Crippen LogP contribution in [0.15, 0.2) is 17.5 Å². The van der Waals surface area contributed by atoms with Crippen molar-refractivity contribution in [1.29, 1.82) is 0 Å². The third-order valence-electron chi connectivity index (χ3n) is 2.20. The van der Waals surface area contributed by atoms with E-state index in [1.165, 1.54) is 4.88 Å². The standard InChI is InChI=1S/C12H21NO2S/c1-14-9-7-13-6-2-3-8-15-11-12-5-4-10-16-12/h4-5,10,13H,2-3,6-9,11H2,1H3. The molecule has 4 heteroatoms. The van der Waals surface area contributed by atoms with Crippen LogP contribution in [0.5, 0.6) is 0 Å². The van der Waals surface area contributed by atoms with Crippen molar-refractivity contribution >= 4 is 11.3 Å². The molecule has 0 unspecified atom stereocenters. The van der Waals surface area contributed by atoms with Gasteiger partial charge in [0.15, 0.2) is 0 Å². The van der Waals surface area contributed by atoms with E-state index in [0.717, 1.165) is 45.8 Å². The molecule has 0 aliphatic rings. The van der Waals surface area contributed by atoms with Gasteiger partial charge in [-0.25, -0.2) is 0 Å². The number of ether oxygens (including phenoxy) is 2. The van der Waals surface area contributed by atoms with E-state index < -0.39 is 0 Å². The zero-order valence-corrected chi connectivity index (χ0v) is 10.7. The maximum absolute atomic E-state index is 5.56. The van der Waals surface area contributed by atoms with Crippen LogP contribution in [0.1, 0.15) is 17.7 Å². The van der Waals surface area contributed by atoms with Crippen LogP contribution in [-0.2, 0) is 16.1 Å². The Morgan fingerprint density at radius 2 is 2.19 bits per heavy atom. The second-order valence-electron chi connectivity index (χ2n) is 3.58. The lowest BCUT2D eigenvalue weighted by Gasteiger charge is -2.04. The minimum Gasteiger partial charge on any atom is -0.383 e. The Labute approximate surface area is 102 Å². The van der Waals surface area contributed by atoms with E-state index in [4.69, 9.17) is 9.47 Å². The maximum atomic E-state index is 5.56. The molecule has 0 spiro atoms. The normalized spacial score (nSPS) is 10.8. The van der Waals surface area contributed by atoms with Crippen LogP contribution in [0.3, 0.4) is 0 Å². The largest absolute Gasteiger partial charge is 0.383 e. The van der Waals surface area contributed by atoms with Crippen molar-refractivity contribution in [2.75, 3.05) is 33.4 Å². The fourth-order valence-electron chi connectivity index (χ4n) is 1.32. The molecule has 0 saturated heterocycles. The molecule has 1 heterocycles. The highest BCUT2D eigenvalue weighted by atomic mass is 32.1. The molecule has 0 fully saturated rings. The van der Waals surface area contributed by atoms with Crippen molar-refractivity contribution in [3.8, 4) is 0 Å². The molecule has 1 N–H and O–H groups in total. The molecule has 0 atom stereocenters. The van der Waals surface area contributed by atoms with Crippen LogP contribution >= 0.6 is 11.3 Å². The van der Waals surface area contributed by atoms with Crippen LogP contribution in [0, 0.1) is 0 Å². The highest BCUT2D eigenvalue weighted by molar-refractivity contribution is 7.09. The number of methoxy groups -OCH3 is 1. The maximum Gasteiger partial charge on any atom is 0.0809 e. The average Bonchev–Trinajstić information content (AvgIpc) is 2.80. The molecule has 0 saturated carbocycles. The molecule has 92 valence electrons. The van der Waals surface area contributed by atoms with Crippen LogP contribution in [0.25, 0.3) is 0 Å². The van der Waals surface area contributed by atoms with Crippen LogP contribution in [-0.4, -0.2) is 33.4 Å². The van der Waals surface area contributed by atoms with Crippen molar-refractivity contribution in [2.24, 2.45) is 0 Å². The SMILES string of the molecule is COCCNCCCCOCc1cccs1. The predicted octanol–water partition coefficient (Wildman–Crippen LogP) is 2.28. The third kappa shape index (κ3) is 6.95. The molecule has 1 aromatic rings. The summed E-state index contributed by atoms with van der Waals surface area (Å²) in [6.07, 6.45) is 2.28. The van der Waals surface area contributed by atoms with Gasteiger partial charge in [-0.05, 0) is 30.8 Å². The number of hydrogen-bond acceptors (Lipinski definition) is 4. The quantitative estimate of drug-likeness (QED) is 0.640. The highest BCUT2D eigenvalue weighted by Crippen LogP contribution is 2.09. The lowest BCUT2D eigenvalue weighted by Crippen LogP contribution is -2.20. The van der Waals surface area contributed by atoms with E-state index in [1.807, 2.05) is 0 Å². The molecule has 0 aliphatic carbocycles. The van der Waals surface area contributed by atoms with Crippen molar-refractivity contribution in [3.63, 3.8) is 0 Å². The Hall–Kier alpha value is -0.420. The Morgan fingerprint density at radius 1 is 1.25 bits per heavy atom. The van der Waals surface area contributed by atoms with Gasteiger partial charge in [0.1, 0.15) is 0 Å². The number of rotatable bonds is 10. The Balaban J connectivity index is 1.78. The summed E-state index contributed by atoms with van der Waals surface area (Å²) in [5.41, 5.74) is 0. The first-order chi connectivity index (χ1) is 7.93. The van der Waals surface area contributed by atoms with Crippen molar-refractivity contribution in [2.45, 2.75) is 19.4 Å². The lowest BCUT2D eigenvalue weighted by molar-refractivity contribution is 0.119. The molecule has 0 amide bonds. The summed E-state index contributed by atoms with van der Waals surface area (Å²) in [5, 5.41) is 5.39. The Morgan fingerprint density at radius 3 is 2.94 bits per heavy atom. The van der Waals surface area contributed by atoms with E-state index in [0.29, 0.717) is 0 Å². The summed E-state index contributed by atoms with van der Waals surface area (Å²) in [5.74, 6) is 0. The Bertz CT molecular complexity index is 239. The van der Waals surface area contributed by atoms with Gasteiger partial charge < -0.3 is 14.8 Å². The van der Waals surface area contributed by atoms with Gasteiger partial charge in [0.2, 0.25) is 0 Å². The second kappa shape index (κ2) is 9.78. The molecule has 0 bridgehead atoms. The number of nitrogens with one attached hydrogen (secondary N) is 1. The van der Waals surface area contributed by atoms with Crippen LogP contribution in [0.4, 0.5) is 0 Å². The Kier molecular flexibility index (Phi) is 8.34. The zero-order chi connectivity index (χ0) is 11.5.